The number of imidazole rings is 1. The summed E-state index contributed by atoms with van der Waals surface area (Å²) >= 11 is 2.80. The SMILES string of the molecule is COC(N)[C@H](F)C[n+]1cn2cc(C3=C(C(=O)[O-])N4C(=O)[C@H]([C@@H](C)O)[C@H]4[C@H]3C)sc2c1SC. The molecule has 2 aliphatic rings. The van der Waals surface area contributed by atoms with Crippen LogP contribution in [0, 0.1) is 11.8 Å². The number of hydrogen-bond acceptors (Lipinski definition) is 8. The fourth-order valence-corrected chi connectivity index (χ4v) is 6.90. The summed E-state index contributed by atoms with van der Waals surface area (Å²) in [5.74, 6) is -2.75. The lowest BCUT2D eigenvalue weighted by Gasteiger charge is -2.47. The van der Waals surface area contributed by atoms with Crippen molar-refractivity contribution in [1.29, 1.82) is 0 Å². The third-order valence-electron chi connectivity index (χ3n) is 6.23. The molecule has 2 aliphatic heterocycles. The second-order valence-corrected chi connectivity index (χ2v) is 9.93. The number of nitrogens with zero attached hydrogens (tertiary/aromatic N) is 3. The largest absolute Gasteiger partial charge is 0.543 e. The van der Waals surface area contributed by atoms with Crippen LogP contribution in [0.2, 0.25) is 0 Å². The summed E-state index contributed by atoms with van der Waals surface area (Å²) in [4.78, 5) is 27.3. The molecule has 32 heavy (non-hydrogen) atoms. The summed E-state index contributed by atoms with van der Waals surface area (Å²) in [6, 6.07) is -0.417. The van der Waals surface area contributed by atoms with Crippen LogP contribution in [0.5, 0.6) is 0 Å². The molecule has 3 N–H and O–H groups in total. The lowest BCUT2D eigenvalue weighted by atomic mass is 9.77. The van der Waals surface area contributed by atoms with Crippen molar-refractivity contribution in [3.8, 4) is 0 Å². The van der Waals surface area contributed by atoms with Crippen molar-refractivity contribution in [3.05, 3.63) is 23.1 Å². The molecule has 4 heterocycles. The highest BCUT2D eigenvalue weighted by Crippen LogP contribution is 2.51. The number of aliphatic hydroxyl groups excluding tert-OH is 1. The Hall–Kier alpha value is -1.99. The Balaban J connectivity index is 1.75. The molecule has 6 atom stereocenters. The van der Waals surface area contributed by atoms with Crippen molar-refractivity contribution in [1.82, 2.24) is 9.30 Å². The van der Waals surface area contributed by atoms with Crippen LogP contribution in [0.25, 0.3) is 10.4 Å². The van der Waals surface area contributed by atoms with Gasteiger partial charge in [0.1, 0.15) is 19.0 Å². The molecular weight excluding hydrogens is 459 g/mol. The Morgan fingerprint density at radius 1 is 1.53 bits per heavy atom. The van der Waals surface area contributed by atoms with Crippen LogP contribution in [-0.4, -0.2) is 64.2 Å². The number of fused-ring (bicyclic) bond motifs is 2. The second-order valence-electron chi connectivity index (χ2n) is 8.10. The first-order valence-corrected chi connectivity index (χ1v) is 12.1. The number of amides is 1. The van der Waals surface area contributed by atoms with Crippen LogP contribution in [0.1, 0.15) is 18.7 Å². The summed E-state index contributed by atoms with van der Waals surface area (Å²) < 4.78 is 22.8. The highest BCUT2D eigenvalue weighted by atomic mass is 32.2. The van der Waals surface area contributed by atoms with Gasteiger partial charge in [0.15, 0.2) is 6.17 Å². The first-order chi connectivity index (χ1) is 15.1. The van der Waals surface area contributed by atoms with E-state index < -0.39 is 42.3 Å². The second kappa shape index (κ2) is 8.41. The van der Waals surface area contributed by atoms with E-state index in [4.69, 9.17) is 10.5 Å². The van der Waals surface area contributed by atoms with Crippen LogP contribution in [0.3, 0.4) is 0 Å². The Bertz CT molecular complexity index is 1110. The molecule has 0 aliphatic carbocycles. The molecule has 0 spiro atoms. The number of methoxy groups -OCH3 is 1. The number of thioether (sulfide) groups is 1. The summed E-state index contributed by atoms with van der Waals surface area (Å²) in [5, 5.41) is 22.8. The Kier molecular flexibility index (Phi) is 6.09. The van der Waals surface area contributed by atoms with Crippen molar-refractivity contribution in [2.24, 2.45) is 17.6 Å². The van der Waals surface area contributed by atoms with Gasteiger partial charge in [0.05, 0.1) is 34.6 Å². The molecule has 0 bridgehead atoms. The van der Waals surface area contributed by atoms with E-state index in [-0.39, 0.29) is 18.2 Å². The molecule has 0 saturated carbocycles. The highest BCUT2D eigenvalue weighted by Gasteiger charge is 2.59. The van der Waals surface area contributed by atoms with Crippen molar-refractivity contribution >= 4 is 45.4 Å². The van der Waals surface area contributed by atoms with Crippen molar-refractivity contribution in [2.45, 2.75) is 50.0 Å². The summed E-state index contributed by atoms with van der Waals surface area (Å²) in [6.45, 7) is 3.41. The van der Waals surface area contributed by atoms with Crippen LogP contribution in [0.4, 0.5) is 4.39 Å². The third-order valence-corrected chi connectivity index (χ3v) is 8.32. The molecule has 9 nitrogen and oxygen atoms in total. The number of alkyl halides is 1. The number of aliphatic carboxylic acids is 1. The van der Waals surface area contributed by atoms with Gasteiger partial charge < -0.3 is 30.4 Å². The predicted molar refractivity (Wildman–Crippen MR) is 114 cm³/mol. The highest BCUT2D eigenvalue weighted by molar-refractivity contribution is 7.98. The van der Waals surface area contributed by atoms with Gasteiger partial charge in [-0.25, -0.2) is 8.96 Å². The molecule has 174 valence electrons. The van der Waals surface area contributed by atoms with E-state index in [0.29, 0.717) is 10.5 Å². The molecule has 1 fully saturated rings. The zero-order valence-electron chi connectivity index (χ0n) is 18.0. The summed E-state index contributed by atoms with van der Waals surface area (Å²) in [5.41, 5.74) is 6.01. The van der Waals surface area contributed by atoms with Gasteiger partial charge in [0.2, 0.25) is 15.8 Å². The molecule has 0 radical (unpaired) electrons. The minimum absolute atomic E-state index is 0.0126. The number of aromatic nitrogens is 2. The van der Waals surface area contributed by atoms with E-state index in [1.807, 2.05) is 17.6 Å². The molecule has 2 aromatic heterocycles. The monoisotopic (exact) mass is 484 g/mol. The maximum absolute atomic E-state index is 14.4. The summed E-state index contributed by atoms with van der Waals surface area (Å²) in [6.07, 6.45) is 2.07. The number of ether oxygens (including phenoxy) is 1. The van der Waals surface area contributed by atoms with E-state index in [9.17, 15) is 24.2 Å². The van der Waals surface area contributed by atoms with Crippen molar-refractivity contribution in [3.63, 3.8) is 0 Å². The molecule has 0 aromatic carbocycles. The van der Waals surface area contributed by atoms with Gasteiger partial charge in [-0.1, -0.05) is 30.0 Å². The number of halogens is 1. The van der Waals surface area contributed by atoms with Gasteiger partial charge >= 0.3 is 0 Å². The van der Waals surface area contributed by atoms with E-state index >= 15 is 0 Å². The number of carboxylic acids is 1. The predicted octanol–water partition coefficient (Wildman–Crippen LogP) is -0.402. The van der Waals surface area contributed by atoms with Crippen LogP contribution < -0.4 is 15.4 Å². The molecular formula is C20H25FN4O5S2. The zero-order valence-corrected chi connectivity index (χ0v) is 19.7. The average Bonchev–Trinajstić information content (AvgIpc) is 3.34. The number of aliphatic hydroxyl groups is 1. The van der Waals surface area contributed by atoms with Crippen molar-refractivity contribution in [2.75, 3.05) is 13.4 Å². The van der Waals surface area contributed by atoms with Crippen LogP contribution >= 0.6 is 23.1 Å². The number of carbonyl (C=O) groups excluding carboxylic acids is 2. The lowest BCUT2D eigenvalue weighted by molar-refractivity contribution is -0.735. The number of hydrogen-bond donors (Lipinski definition) is 2. The topological polar surface area (TPSA) is 124 Å². The molecule has 1 amide bonds. The third kappa shape index (κ3) is 3.36. The molecule has 2 aromatic rings. The number of carboxylic acid groups (broad SMARTS) is 1. The summed E-state index contributed by atoms with van der Waals surface area (Å²) in [7, 11) is 1.35. The standard InChI is InChI=1S/C20H25FN4O5S2/c1-8-12(15(20(28)29)25-14(8)13(9(2)26)17(25)27)11-6-24-7-23(5-10(21)16(22)30-3)18(31-4)19(24)32-11/h6-10,13-14,16,26H,5,22H2,1-4H3/t8-,9+,10+,13+,14+,16?/m0/s1. The average molecular weight is 485 g/mol. The van der Waals surface area contributed by atoms with Crippen LogP contribution in [-0.2, 0) is 20.9 Å². The van der Waals surface area contributed by atoms with Gasteiger partial charge in [0, 0.05) is 18.6 Å². The van der Waals surface area contributed by atoms with E-state index in [1.165, 1.54) is 42.0 Å². The van der Waals surface area contributed by atoms with E-state index in [2.05, 4.69) is 0 Å². The maximum atomic E-state index is 14.4. The van der Waals surface area contributed by atoms with E-state index in [1.54, 1.807) is 17.1 Å². The molecule has 12 heteroatoms. The Labute approximate surface area is 192 Å². The Morgan fingerprint density at radius 2 is 2.22 bits per heavy atom. The fraction of sp³-hybridized carbons (Fsp3) is 0.550. The minimum Gasteiger partial charge on any atom is -0.543 e. The number of carbonyl (C=O) groups is 2. The first kappa shape index (κ1) is 23.2. The first-order valence-electron chi connectivity index (χ1n) is 10.1. The lowest BCUT2D eigenvalue weighted by Crippen LogP contribution is -2.64. The fourth-order valence-electron chi connectivity index (χ4n) is 4.72. The number of nitrogens with two attached hydrogens (primary N) is 1. The number of β-lactam (4-membered cyclic amide) rings is 1. The Morgan fingerprint density at radius 3 is 2.78 bits per heavy atom. The maximum Gasteiger partial charge on any atom is 0.250 e. The van der Waals surface area contributed by atoms with Gasteiger partial charge in [-0.2, -0.15) is 4.40 Å². The molecule has 1 unspecified atom stereocenters. The number of rotatable bonds is 8. The van der Waals surface area contributed by atoms with Crippen molar-refractivity contribution < 1.29 is 33.5 Å². The smallest absolute Gasteiger partial charge is 0.250 e. The van der Waals surface area contributed by atoms with Gasteiger partial charge in [-0.3, -0.25) is 4.79 Å². The quantitative estimate of drug-likeness (QED) is 0.226. The minimum atomic E-state index is -1.42. The van der Waals surface area contributed by atoms with Gasteiger partial charge in [-0.15, -0.1) is 0 Å². The van der Waals surface area contributed by atoms with Gasteiger partial charge in [-0.05, 0) is 13.2 Å². The normalized spacial score (nSPS) is 25.8. The number of thiazole rings is 1. The molecule has 4 rings (SSSR count). The van der Waals surface area contributed by atoms with Crippen LogP contribution in [0.15, 0.2) is 23.2 Å². The molecule has 1 saturated heterocycles. The van der Waals surface area contributed by atoms with E-state index in [0.717, 1.165) is 9.86 Å². The zero-order chi connectivity index (χ0) is 23.5. The van der Waals surface area contributed by atoms with Gasteiger partial charge in [0.25, 0.3) is 6.33 Å².